The Labute approximate surface area is 125 Å². The van der Waals surface area contributed by atoms with Crippen molar-refractivity contribution >= 4 is 5.91 Å². The zero-order chi connectivity index (χ0) is 15.3. The number of piperidine rings is 1. The van der Waals surface area contributed by atoms with Gasteiger partial charge in [-0.3, -0.25) is 9.78 Å². The van der Waals surface area contributed by atoms with Crippen LogP contribution in [0.15, 0.2) is 18.5 Å². The number of rotatable bonds is 2. The second-order valence-corrected chi connectivity index (χ2v) is 5.41. The SMILES string of the molecule is COC1(C)CCCN(C(=O)c2ccncc2C#CCN)C1. The normalized spacial score (nSPS) is 21.6. The minimum Gasteiger partial charge on any atom is -0.377 e. The fraction of sp³-hybridized carbons (Fsp3) is 0.500. The Bertz CT molecular complexity index is 576. The predicted octanol–water partition coefficient (Wildman–Crippen LogP) is 1.03. The van der Waals surface area contributed by atoms with Crippen molar-refractivity contribution in [1.29, 1.82) is 0 Å². The lowest BCUT2D eigenvalue weighted by atomic mass is 9.94. The monoisotopic (exact) mass is 287 g/mol. The maximum absolute atomic E-state index is 12.7. The first-order valence-corrected chi connectivity index (χ1v) is 7.07. The van der Waals surface area contributed by atoms with Crippen LogP contribution in [0.5, 0.6) is 0 Å². The maximum atomic E-state index is 12.7. The van der Waals surface area contributed by atoms with E-state index in [2.05, 4.69) is 16.8 Å². The number of hydrogen-bond donors (Lipinski definition) is 1. The number of ether oxygens (including phenoxy) is 1. The van der Waals surface area contributed by atoms with Gasteiger partial charge in [-0.2, -0.15) is 0 Å². The van der Waals surface area contributed by atoms with Crippen molar-refractivity contribution in [3.63, 3.8) is 0 Å². The molecule has 1 atom stereocenters. The van der Waals surface area contributed by atoms with E-state index in [9.17, 15) is 4.79 Å². The summed E-state index contributed by atoms with van der Waals surface area (Å²) in [5, 5.41) is 0. The lowest BCUT2D eigenvalue weighted by Gasteiger charge is -2.39. The van der Waals surface area contributed by atoms with Gasteiger partial charge in [0.25, 0.3) is 5.91 Å². The topological polar surface area (TPSA) is 68.5 Å². The number of nitrogens with zero attached hydrogens (tertiary/aromatic N) is 2. The van der Waals surface area contributed by atoms with Gasteiger partial charge in [-0.25, -0.2) is 0 Å². The Morgan fingerprint density at radius 1 is 1.62 bits per heavy atom. The van der Waals surface area contributed by atoms with E-state index in [-0.39, 0.29) is 18.1 Å². The smallest absolute Gasteiger partial charge is 0.255 e. The number of amides is 1. The van der Waals surface area contributed by atoms with Crippen LogP contribution in [0.2, 0.25) is 0 Å². The highest BCUT2D eigenvalue weighted by Crippen LogP contribution is 2.25. The van der Waals surface area contributed by atoms with Crippen molar-refractivity contribution in [3.8, 4) is 11.8 Å². The molecule has 1 fully saturated rings. The predicted molar refractivity (Wildman–Crippen MR) is 80.7 cm³/mol. The van der Waals surface area contributed by atoms with Gasteiger partial charge in [-0.05, 0) is 25.8 Å². The molecule has 1 aliphatic rings. The lowest BCUT2D eigenvalue weighted by Crippen LogP contribution is -2.49. The number of likely N-dealkylation sites (tertiary alicyclic amines) is 1. The van der Waals surface area contributed by atoms with Gasteiger partial charge in [0.2, 0.25) is 0 Å². The fourth-order valence-corrected chi connectivity index (χ4v) is 2.54. The average Bonchev–Trinajstić information content (AvgIpc) is 2.52. The molecule has 1 saturated heterocycles. The van der Waals surface area contributed by atoms with Crippen molar-refractivity contribution < 1.29 is 9.53 Å². The largest absolute Gasteiger partial charge is 0.377 e. The highest BCUT2D eigenvalue weighted by atomic mass is 16.5. The standard InChI is InChI=1S/C16H21N3O2/c1-16(21-2)7-4-10-19(12-16)15(20)14-6-9-18-11-13(14)5-3-8-17/h6,9,11H,4,7-8,10,12,17H2,1-2H3. The Kier molecular flexibility index (Phi) is 4.94. The second kappa shape index (κ2) is 6.70. The van der Waals surface area contributed by atoms with Crippen LogP contribution < -0.4 is 5.73 Å². The first-order chi connectivity index (χ1) is 10.1. The first-order valence-electron chi connectivity index (χ1n) is 7.07. The van der Waals surface area contributed by atoms with Gasteiger partial charge in [0.05, 0.1) is 23.3 Å². The lowest BCUT2D eigenvalue weighted by molar-refractivity contribution is -0.0440. The van der Waals surface area contributed by atoms with Crippen molar-refractivity contribution in [3.05, 3.63) is 29.6 Å². The Morgan fingerprint density at radius 3 is 3.14 bits per heavy atom. The summed E-state index contributed by atoms with van der Waals surface area (Å²) in [6.07, 6.45) is 5.12. The molecule has 0 aliphatic carbocycles. The van der Waals surface area contributed by atoms with Crippen LogP contribution in [-0.4, -0.2) is 48.1 Å². The third-order valence-electron chi connectivity index (χ3n) is 3.82. The summed E-state index contributed by atoms with van der Waals surface area (Å²) >= 11 is 0. The van der Waals surface area contributed by atoms with Gasteiger partial charge in [0, 0.05) is 32.6 Å². The molecule has 1 aromatic heterocycles. The van der Waals surface area contributed by atoms with E-state index in [4.69, 9.17) is 10.5 Å². The molecule has 0 aromatic carbocycles. The van der Waals surface area contributed by atoms with Crippen molar-refractivity contribution in [1.82, 2.24) is 9.88 Å². The molecule has 2 rings (SSSR count). The molecule has 112 valence electrons. The Morgan fingerprint density at radius 2 is 2.43 bits per heavy atom. The maximum Gasteiger partial charge on any atom is 0.255 e. The molecule has 0 radical (unpaired) electrons. The van der Waals surface area contributed by atoms with Crippen molar-refractivity contribution in [2.24, 2.45) is 5.73 Å². The van der Waals surface area contributed by atoms with Crippen LogP contribution in [0.1, 0.15) is 35.7 Å². The van der Waals surface area contributed by atoms with Crippen molar-refractivity contribution in [2.75, 3.05) is 26.7 Å². The van der Waals surface area contributed by atoms with Crippen LogP contribution in [0, 0.1) is 11.8 Å². The molecule has 1 amide bonds. The summed E-state index contributed by atoms with van der Waals surface area (Å²) in [5.74, 6) is 5.66. The number of nitrogens with two attached hydrogens (primary N) is 1. The number of carbonyl (C=O) groups excluding carboxylic acids is 1. The Balaban J connectivity index is 2.24. The van der Waals surface area contributed by atoms with E-state index in [1.165, 1.54) is 0 Å². The van der Waals surface area contributed by atoms with Crippen LogP contribution >= 0.6 is 0 Å². The van der Waals surface area contributed by atoms with E-state index in [1.54, 1.807) is 25.6 Å². The van der Waals surface area contributed by atoms with E-state index in [1.807, 2.05) is 11.8 Å². The van der Waals surface area contributed by atoms with Gasteiger partial charge in [-0.1, -0.05) is 11.8 Å². The average molecular weight is 287 g/mol. The summed E-state index contributed by atoms with van der Waals surface area (Å²) in [5.41, 5.74) is 6.32. The molecular formula is C16H21N3O2. The third-order valence-corrected chi connectivity index (χ3v) is 3.82. The molecular weight excluding hydrogens is 266 g/mol. The first kappa shape index (κ1) is 15.5. The molecule has 5 nitrogen and oxygen atoms in total. The highest BCUT2D eigenvalue weighted by molar-refractivity contribution is 5.96. The van der Waals surface area contributed by atoms with E-state index in [0.29, 0.717) is 17.7 Å². The van der Waals surface area contributed by atoms with Crippen LogP contribution in [-0.2, 0) is 4.74 Å². The molecule has 1 aliphatic heterocycles. The molecule has 5 heteroatoms. The summed E-state index contributed by atoms with van der Waals surface area (Å²) in [6.45, 7) is 3.63. The van der Waals surface area contributed by atoms with Gasteiger partial charge in [0.15, 0.2) is 0 Å². The molecule has 2 N–H and O–H groups in total. The van der Waals surface area contributed by atoms with Crippen LogP contribution in [0.25, 0.3) is 0 Å². The minimum absolute atomic E-state index is 0.0262. The van der Waals surface area contributed by atoms with Gasteiger partial charge in [0.1, 0.15) is 0 Å². The second-order valence-electron chi connectivity index (χ2n) is 5.41. The molecule has 1 aromatic rings. The van der Waals surface area contributed by atoms with E-state index in [0.717, 1.165) is 19.4 Å². The summed E-state index contributed by atoms with van der Waals surface area (Å²) < 4.78 is 5.54. The molecule has 1 unspecified atom stereocenters. The van der Waals surface area contributed by atoms with Crippen LogP contribution in [0.3, 0.4) is 0 Å². The van der Waals surface area contributed by atoms with E-state index < -0.39 is 0 Å². The zero-order valence-electron chi connectivity index (χ0n) is 12.6. The summed E-state index contributed by atoms with van der Waals surface area (Å²) in [7, 11) is 1.69. The quantitative estimate of drug-likeness (QED) is 0.825. The number of carbonyl (C=O) groups is 1. The zero-order valence-corrected chi connectivity index (χ0v) is 12.6. The summed E-state index contributed by atoms with van der Waals surface area (Å²) in [4.78, 5) is 18.6. The van der Waals surface area contributed by atoms with Gasteiger partial charge in [-0.15, -0.1) is 0 Å². The number of hydrogen-bond acceptors (Lipinski definition) is 4. The molecule has 0 spiro atoms. The van der Waals surface area contributed by atoms with Crippen LogP contribution in [0.4, 0.5) is 0 Å². The third kappa shape index (κ3) is 3.60. The minimum atomic E-state index is -0.274. The number of methoxy groups -OCH3 is 1. The number of aromatic nitrogens is 1. The number of pyridine rings is 1. The highest BCUT2D eigenvalue weighted by Gasteiger charge is 2.33. The van der Waals surface area contributed by atoms with Gasteiger partial charge >= 0.3 is 0 Å². The van der Waals surface area contributed by atoms with Gasteiger partial charge < -0.3 is 15.4 Å². The van der Waals surface area contributed by atoms with Crippen molar-refractivity contribution in [2.45, 2.75) is 25.4 Å². The molecule has 0 saturated carbocycles. The molecule has 0 bridgehead atoms. The molecule has 2 heterocycles. The Hall–Kier alpha value is -1.90. The molecule has 21 heavy (non-hydrogen) atoms. The fourth-order valence-electron chi connectivity index (χ4n) is 2.54. The van der Waals surface area contributed by atoms with E-state index >= 15 is 0 Å². The summed E-state index contributed by atoms with van der Waals surface area (Å²) in [6, 6.07) is 1.71.